The number of fused-ring (bicyclic) bond motifs is 1. The van der Waals surface area contributed by atoms with Crippen LogP contribution in [0.4, 0.5) is 0 Å². The van der Waals surface area contributed by atoms with E-state index in [-0.39, 0.29) is 9.79 Å². The molecule has 3 aromatic rings. The molecule has 6 heteroatoms. The summed E-state index contributed by atoms with van der Waals surface area (Å²) in [5.41, 5.74) is 1.13. The zero-order chi connectivity index (χ0) is 18.9. The Bertz CT molecular complexity index is 1120. The van der Waals surface area contributed by atoms with Gasteiger partial charge in [-0.3, -0.25) is 4.79 Å². The van der Waals surface area contributed by atoms with Gasteiger partial charge in [0.05, 0.1) is 10.4 Å². The van der Waals surface area contributed by atoms with Crippen LogP contribution in [0.3, 0.4) is 0 Å². The highest BCUT2D eigenvalue weighted by Gasteiger charge is 2.23. The van der Waals surface area contributed by atoms with Crippen LogP contribution in [0.5, 0.6) is 0 Å². The van der Waals surface area contributed by atoms with Crippen LogP contribution < -0.4 is 5.43 Å². The number of pyridine rings is 1. The molecule has 0 aliphatic heterocycles. The smallest absolute Gasteiger partial charge is 0.211 e. The molecule has 0 amide bonds. The van der Waals surface area contributed by atoms with Crippen molar-refractivity contribution in [1.82, 2.24) is 4.57 Å². The molecule has 4 nitrogen and oxygen atoms in total. The molecule has 0 fully saturated rings. The molecular weight excluding hydrogens is 370 g/mol. The highest BCUT2D eigenvalue weighted by molar-refractivity contribution is 7.91. The molecule has 0 radical (unpaired) electrons. The molecule has 0 aliphatic rings. The van der Waals surface area contributed by atoms with E-state index >= 15 is 0 Å². The molecular formula is C20H20ClNO3S. The van der Waals surface area contributed by atoms with Crippen molar-refractivity contribution >= 4 is 32.3 Å². The second-order valence-electron chi connectivity index (χ2n) is 6.35. The highest BCUT2D eigenvalue weighted by Crippen LogP contribution is 2.23. The Morgan fingerprint density at radius 2 is 1.77 bits per heavy atom. The number of hydrogen-bond donors (Lipinski definition) is 0. The quantitative estimate of drug-likeness (QED) is 0.641. The maximum atomic E-state index is 13.1. The van der Waals surface area contributed by atoms with E-state index in [4.69, 9.17) is 11.6 Å². The number of aromatic nitrogens is 1. The maximum absolute atomic E-state index is 13.1. The minimum absolute atomic E-state index is 0.114. The number of hydrogen-bond acceptors (Lipinski definition) is 3. The summed E-state index contributed by atoms with van der Waals surface area (Å²) in [5.74, 6) is 0. The first kappa shape index (κ1) is 18.7. The molecule has 1 heterocycles. The summed E-state index contributed by atoms with van der Waals surface area (Å²) in [6, 6.07) is 11.5. The first-order valence-electron chi connectivity index (χ1n) is 8.49. The second-order valence-corrected chi connectivity index (χ2v) is 8.70. The van der Waals surface area contributed by atoms with E-state index in [0.717, 1.165) is 18.4 Å². The Morgan fingerprint density at radius 3 is 2.42 bits per heavy atom. The Balaban J connectivity index is 2.30. The molecule has 0 aliphatic carbocycles. The molecule has 0 saturated carbocycles. The molecule has 0 atom stereocenters. The van der Waals surface area contributed by atoms with Crippen molar-refractivity contribution in [2.75, 3.05) is 0 Å². The van der Waals surface area contributed by atoms with Gasteiger partial charge in [-0.1, -0.05) is 42.6 Å². The van der Waals surface area contributed by atoms with E-state index < -0.39 is 15.3 Å². The normalized spacial score (nSPS) is 11.8. The lowest BCUT2D eigenvalue weighted by atomic mass is 10.2. The van der Waals surface area contributed by atoms with Crippen molar-refractivity contribution in [3.63, 3.8) is 0 Å². The van der Waals surface area contributed by atoms with Gasteiger partial charge in [0.25, 0.3) is 0 Å². The first-order valence-corrected chi connectivity index (χ1v) is 10.3. The number of aryl methyl sites for hydroxylation is 2. The maximum Gasteiger partial charge on any atom is 0.211 e. The predicted molar refractivity (Wildman–Crippen MR) is 105 cm³/mol. The van der Waals surface area contributed by atoms with Crippen LogP contribution in [-0.2, 0) is 16.4 Å². The number of nitrogens with zero attached hydrogens (tertiary/aromatic N) is 1. The average Bonchev–Trinajstić information content (AvgIpc) is 2.61. The van der Waals surface area contributed by atoms with Gasteiger partial charge in [0, 0.05) is 23.2 Å². The van der Waals surface area contributed by atoms with Crippen LogP contribution in [0.25, 0.3) is 10.9 Å². The summed E-state index contributed by atoms with van der Waals surface area (Å²) in [4.78, 5) is 12.8. The van der Waals surface area contributed by atoms with Crippen molar-refractivity contribution in [3.05, 3.63) is 69.5 Å². The minimum Gasteiger partial charge on any atom is -0.346 e. The Kier molecular flexibility index (Phi) is 5.21. The zero-order valence-corrected chi connectivity index (χ0v) is 16.3. The SMILES string of the molecule is CCCCn1cc(S(=O)(=O)c2ccc(C)cc2)c(=O)c2cc(Cl)ccc21. The topological polar surface area (TPSA) is 56.1 Å². The van der Waals surface area contributed by atoms with Gasteiger partial charge in [0.1, 0.15) is 4.90 Å². The zero-order valence-electron chi connectivity index (χ0n) is 14.7. The van der Waals surface area contributed by atoms with E-state index in [2.05, 4.69) is 6.92 Å². The Hall–Kier alpha value is -2.11. The average molecular weight is 390 g/mol. The van der Waals surface area contributed by atoms with Gasteiger partial charge in [-0.05, 0) is 43.7 Å². The van der Waals surface area contributed by atoms with E-state index in [9.17, 15) is 13.2 Å². The molecule has 0 bridgehead atoms. The molecule has 136 valence electrons. The van der Waals surface area contributed by atoms with Gasteiger partial charge in [-0.25, -0.2) is 8.42 Å². The summed E-state index contributed by atoms with van der Waals surface area (Å²) < 4.78 is 28.0. The molecule has 26 heavy (non-hydrogen) atoms. The fourth-order valence-corrected chi connectivity index (χ4v) is 4.43. The summed E-state index contributed by atoms with van der Waals surface area (Å²) in [7, 11) is -3.91. The summed E-state index contributed by atoms with van der Waals surface area (Å²) in [6.07, 6.45) is 3.30. The number of benzene rings is 2. The third-order valence-corrected chi connectivity index (χ3v) is 6.38. The van der Waals surface area contributed by atoms with Crippen LogP contribution in [0.2, 0.25) is 5.02 Å². The predicted octanol–water partition coefficient (Wildman–Crippen LogP) is 4.60. The van der Waals surface area contributed by atoms with E-state index in [0.29, 0.717) is 22.5 Å². The molecule has 0 saturated heterocycles. The molecule has 0 N–H and O–H groups in total. The van der Waals surface area contributed by atoms with Crippen LogP contribution in [0.15, 0.2) is 63.2 Å². The standard InChI is InChI=1S/C20H20ClNO3S/c1-3-4-11-22-13-19(20(23)17-12-15(21)7-10-18(17)22)26(24,25)16-8-5-14(2)6-9-16/h5-10,12-13H,3-4,11H2,1-2H3. The first-order chi connectivity index (χ1) is 12.3. The lowest BCUT2D eigenvalue weighted by molar-refractivity contribution is 0.591. The fourth-order valence-electron chi connectivity index (χ4n) is 2.89. The van der Waals surface area contributed by atoms with Crippen molar-refractivity contribution in [3.8, 4) is 0 Å². The van der Waals surface area contributed by atoms with E-state index in [1.54, 1.807) is 24.3 Å². The molecule has 0 spiro atoms. The van der Waals surface area contributed by atoms with Gasteiger partial charge in [-0.2, -0.15) is 0 Å². The van der Waals surface area contributed by atoms with Gasteiger partial charge < -0.3 is 4.57 Å². The highest BCUT2D eigenvalue weighted by atomic mass is 35.5. The molecule has 1 aromatic heterocycles. The van der Waals surface area contributed by atoms with Gasteiger partial charge in [-0.15, -0.1) is 0 Å². The van der Waals surface area contributed by atoms with Crippen molar-refractivity contribution < 1.29 is 8.42 Å². The van der Waals surface area contributed by atoms with Gasteiger partial charge in [0.2, 0.25) is 15.3 Å². The van der Waals surface area contributed by atoms with Crippen LogP contribution in [0.1, 0.15) is 25.3 Å². The Labute approximate surface area is 158 Å². The van der Waals surface area contributed by atoms with Crippen LogP contribution in [-0.4, -0.2) is 13.0 Å². The fraction of sp³-hybridized carbons (Fsp3) is 0.250. The van der Waals surface area contributed by atoms with Crippen molar-refractivity contribution in [1.29, 1.82) is 0 Å². The number of halogens is 1. The number of rotatable bonds is 5. The second kappa shape index (κ2) is 7.25. The minimum atomic E-state index is -3.91. The third kappa shape index (κ3) is 3.41. The van der Waals surface area contributed by atoms with Crippen LogP contribution >= 0.6 is 11.6 Å². The monoisotopic (exact) mass is 389 g/mol. The summed E-state index contributed by atoms with van der Waals surface area (Å²) in [5, 5.41) is 0.725. The summed E-state index contributed by atoms with van der Waals surface area (Å²) >= 11 is 6.05. The van der Waals surface area contributed by atoms with E-state index in [1.807, 2.05) is 11.5 Å². The van der Waals surface area contributed by atoms with Gasteiger partial charge >= 0.3 is 0 Å². The summed E-state index contributed by atoms with van der Waals surface area (Å²) in [6.45, 7) is 4.57. The molecule has 0 unspecified atom stereocenters. The van der Waals surface area contributed by atoms with Crippen LogP contribution in [0, 0.1) is 6.92 Å². The lowest BCUT2D eigenvalue weighted by Crippen LogP contribution is -2.19. The van der Waals surface area contributed by atoms with Crippen molar-refractivity contribution in [2.24, 2.45) is 0 Å². The number of sulfone groups is 1. The largest absolute Gasteiger partial charge is 0.346 e. The molecule has 2 aromatic carbocycles. The van der Waals surface area contributed by atoms with Gasteiger partial charge in [0.15, 0.2) is 0 Å². The Morgan fingerprint density at radius 1 is 1.08 bits per heavy atom. The number of unbranched alkanes of at least 4 members (excludes halogenated alkanes) is 1. The van der Waals surface area contributed by atoms with E-state index in [1.165, 1.54) is 24.4 Å². The molecule has 3 rings (SSSR count). The third-order valence-electron chi connectivity index (χ3n) is 4.38. The van der Waals surface area contributed by atoms with Crippen molar-refractivity contribution in [2.45, 2.75) is 43.0 Å². The lowest BCUT2D eigenvalue weighted by Gasteiger charge is -2.14.